The van der Waals surface area contributed by atoms with Gasteiger partial charge in [0.15, 0.2) is 11.5 Å². The summed E-state index contributed by atoms with van der Waals surface area (Å²) in [6, 6.07) is 10.7. The zero-order chi connectivity index (χ0) is 23.9. The van der Waals surface area contributed by atoms with Crippen molar-refractivity contribution in [3.8, 4) is 11.5 Å². The lowest BCUT2D eigenvalue weighted by molar-refractivity contribution is -0.115. The van der Waals surface area contributed by atoms with E-state index in [0.29, 0.717) is 42.5 Å². The van der Waals surface area contributed by atoms with Crippen molar-refractivity contribution in [3.05, 3.63) is 72.4 Å². The van der Waals surface area contributed by atoms with Gasteiger partial charge in [0.2, 0.25) is 5.91 Å². The van der Waals surface area contributed by atoms with E-state index >= 15 is 0 Å². The first-order valence-electron chi connectivity index (χ1n) is 11.0. The number of benzene rings is 1. The van der Waals surface area contributed by atoms with Crippen molar-refractivity contribution in [1.29, 1.82) is 0 Å². The van der Waals surface area contributed by atoms with Gasteiger partial charge in [0.25, 0.3) is 5.91 Å². The number of rotatable bonds is 10. The maximum absolute atomic E-state index is 12.5. The first kappa shape index (κ1) is 22.8. The van der Waals surface area contributed by atoms with Gasteiger partial charge >= 0.3 is 0 Å². The van der Waals surface area contributed by atoms with Crippen molar-refractivity contribution in [3.63, 3.8) is 0 Å². The molecule has 0 spiro atoms. The Morgan fingerprint density at radius 1 is 1.03 bits per heavy atom. The highest BCUT2D eigenvalue weighted by molar-refractivity contribution is 5.99. The van der Waals surface area contributed by atoms with E-state index in [-0.39, 0.29) is 18.4 Å². The Morgan fingerprint density at radius 2 is 1.85 bits per heavy atom. The molecule has 0 aliphatic heterocycles. The third-order valence-electron chi connectivity index (χ3n) is 4.87. The Labute approximate surface area is 196 Å². The minimum Gasteiger partial charge on any atom is -0.490 e. The van der Waals surface area contributed by atoms with Crippen molar-refractivity contribution >= 4 is 23.1 Å². The third-order valence-corrected chi connectivity index (χ3v) is 4.87. The zero-order valence-corrected chi connectivity index (χ0v) is 19.0. The number of anilines is 1. The summed E-state index contributed by atoms with van der Waals surface area (Å²) in [5.41, 5.74) is 2.61. The zero-order valence-electron chi connectivity index (χ0n) is 19.0. The standard InChI is InChI=1S/C24H26N6O4/c1-3-33-20-9-8-17(11-21(20)34-4-2)24(32)25-13-23(31)28-18-12-26-30(15-18)16-19-14-29-10-6-5-7-22(29)27-19/h5-12,14-15H,3-4,13,16H2,1-2H3,(H,25,32)(H,28,31). The quantitative estimate of drug-likeness (QED) is 0.375. The van der Waals surface area contributed by atoms with Gasteiger partial charge in [-0.25, -0.2) is 4.98 Å². The van der Waals surface area contributed by atoms with Crippen molar-refractivity contribution < 1.29 is 19.1 Å². The normalized spacial score (nSPS) is 10.8. The number of carbonyl (C=O) groups is 2. The van der Waals surface area contributed by atoms with Gasteiger partial charge in [0.1, 0.15) is 5.65 Å². The molecule has 10 heteroatoms. The molecule has 4 rings (SSSR count). The van der Waals surface area contributed by atoms with E-state index in [2.05, 4.69) is 20.7 Å². The lowest BCUT2D eigenvalue weighted by Gasteiger charge is -2.12. The number of nitrogens with one attached hydrogen (secondary N) is 2. The highest BCUT2D eigenvalue weighted by atomic mass is 16.5. The number of aromatic nitrogens is 4. The number of hydrogen-bond donors (Lipinski definition) is 2. The monoisotopic (exact) mass is 462 g/mol. The summed E-state index contributed by atoms with van der Waals surface area (Å²) in [5, 5.41) is 9.61. The summed E-state index contributed by atoms with van der Waals surface area (Å²) < 4.78 is 14.7. The number of imidazole rings is 1. The van der Waals surface area contributed by atoms with Crippen LogP contribution in [0.5, 0.6) is 11.5 Å². The highest BCUT2D eigenvalue weighted by Crippen LogP contribution is 2.28. The lowest BCUT2D eigenvalue weighted by atomic mass is 10.2. The number of carbonyl (C=O) groups excluding carboxylic acids is 2. The molecular weight excluding hydrogens is 436 g/mol. The fourth-order valence-corrected chi connectivity index (χ4v) is 3.40. The predicted octanol–water partition coefficient (Wildman–Crippen LogP) is 2.75. The molecule has 10 nitrogen and oxygen atoms in total. The van der Waals surface area contributed by atoms with Crippen LogP contribution >= 0.6 is 0 Å². The van der Waals surface area contributed by atoms with Crippen molar-refractivity contribution in [2.24, 2.45) is 0 Å². The van der Waals surface area contributed by atoms with Crippen LogP contribution in [0.4, 0.5) is 5.69 Å². The summed E-state index contributed by atoms with van der Waals surface area (Å²) in [5.74, 6) is 0.303. The summed E-state index contributed by atoms with van der Waals surface area (Å²) in [4.78, 5) is 29.4. The van der Waals surface area contributed by atoms with E-state index < -0.39 is 0 Å². The van der Waals surface area contributed by atoms with Crippen LogP contribution in [-0.2, 0) is 11.3 Å². The Hall–Kier alpha value is -4.34. The molecule has 0 bridgehead atoms. The molecule has 0 fully saturated rings. The molecule has 0 atom stereocenters. The molecule has 0 radical (unpaired) electrons. The molecule has 1 aromatic carbocycles. The summed E-state index contributed by atoms with van der Waals surface area (Å²) in [7, 11) is 0. The first-order valence-corrected chi connectivity index (χ1v) is 11.0. The molecule has 3 heterocycles. The average molecular weight is 463 g/mol. The maximum Gasteiger partial charge on any atom is 0.251 e. The Kier molecular flexibility index (Phi) is 7.07. The second-order valence-electron chi connectivity index (χ2n) is 7.38. The number of hydrogen-bond acceptors (Lipinski definition) is 6. The van der Waals surface area contributed by atoms with Crippen molar-refractivity contribution in [2.45, 2.75) is 20.4 Å². The van der Waals surface area contributed by atoms with Gasteiger partial charge in [-0.15, -0.1) is 0 Å². The van der Waals surface area contributed by atoms with Crippen LogP contribution in [0.25, 0.3) is 5.65 Å². The Bertz CT molecular complexity index is 1260. The number of ether oxygens (including phenoxy) is 2. The Balaban J connectivity index is 1.30. The number of fused-ring (bicyclic) bond motifs is 1. The number of pyridine rings is 1. The topological polar surface area (TPSA) is 112 Å². The molecule has 4 aromatic rings. The number of nitrogens with zero attached hydrogens (tertiary/aromatic N) is 4. The predicted molar refractivity (Wildman–Crippen MR) is 126 cm³/mol. The van der Waals surface area contributed by atoms with E-state index in [9.17, 15) is 9.59 Å². The van der Waals surface area contributed by atoms with Gasteiger partial charge in [0, 0.05) is 24.2 Å². The van der Waals surface area contributed by atoms with Crippen LogP contribution in [0.3, 0.4) is 0 Å². The van der Waals surface area contributed by atoms with Crippen LogP contribution in [0, 0.1) is 0 Å². The van der Waals surface area contributed by atoms with Gasteiger partial charge in [-0.05, 0) is 44.2 Å². The second kappa shape index (κ2) is 10.5. The van der Waals surface area contributed by atoms with Crippen molar-refractivity contribution in [2.75, 3.05) is 25.1 Å². The molecule has 2 amide bonds. The minimum atomic E-state index is -0.387. The molecule has 2 N–H and O–H groups in total. The SMILES string of the molecule is CCOc1ccc(C(=O)NCC(=O)Nc2cnn(Cc3cn4ccccc4n3)c2)cc1OCC. The molecule has 0 saturated carbocycles. The van der Waals surface area contributed by atoms with E-state index in [1.54, 1.807) is 35.3 Å². The minimum absolute atomic E-state index is 0.187. The largest absolute Gasteiger partial charge is 0.490 e. The molecule has 0 aliphatic rings. The van der Waals surface area contributed by atoms with Crippen LogP contribution in [0.15, 0.2) is 61.2 Å². The fraction of sp³-hybridized carbons (Fsp3) is 0.250. The summed E-state index contributed by atoms with van der Waals surface area (Å²) in [6.45, 7) is 4.94. The molecule has 34 heavy (non-hydrogen) atoms. The van der Waals surface area contributed by atoms with E-state index in [0.717, 1.165) is 11.3 Å². The lowest BCUT2D eigenvalue weighted by Crippen LogP contribution is -2.32. The first-order chi connectivity index (χ1) is 16.6. The molecular formula is C24H26N6O4. The third kappa shape index (κ3) is 5.52. The number of amides is 2. The van der Waals surface area contributed by atoms with Crippen molar-refractivity contribution in [1.82, 2.24) is 24.5 Å². The fourth-order valence-electron chi connectivity index (χ4n) is 3.40. The smallest absolute Gasteiger partial charge is 0.251 e. The van der Waals surface area contributed by atoms with Gasteiger partial charge in [-0.3, -0.25) is 14.3 Å². The molecule has 176 valence electrons. The second-order valence-corrected chi connectivity index (χ2v) is 7.38. The molecule has 0 aliphatic carbocycles. The van der Waals surface area contributed by atoms with E-state index in [1.165, 1.54) is 0 Å². The highest BCUT2D eigenvalue weighted by Gasteiger charge is 2.13. The van der Waals surface area contributed by atoms with Crippen LogP contribution < -0.4 is 20.1 Å². The molecule has 3 aromatic heterocycles. The van der Waals surface area contributed by atoms with Gasteiger partial charge in [0.05, 0.1) is 43.9 Å². The van der Waals surface area contributed by atoms with Gasteiger partial charge < -0.3 is 24.5 Å². The summed E-state index contributed by atoms with van der Waals surface area (Å²) in [6.07, 6.45) is 7.13. The van der Waals surface area contributed by atoms with Gasteiger partial charge in [-0.2, -0.15) is 5.10 Å². The van der Waals surface area contributed by atoms with Gasteiger partial charge in [-0.1, -0.05) is 6.07 Å². The van der Waals surface area contributed by atoms with Crippen LogP contribution in [0.1, 0.15) is 29.9 Å². The molecule has 0 saturated heterocycles. The van der Waals surface area contributed by atoms with Crippen LogP contribution in [-0.4, -0.2) is 50.7 Å². The Morgan fingerprint density at radius 3 is 2.65 bits per heavy atom. The van der Waals surface area contributed by atoms with Crippen LogP contribution in [0.2, 0.25) is 0 Å². The average Bonchev–Trinajstić information content (AvgIpc) is 3.45. The molecule has 0 unspecified atom stereocenters. The van der Waals surface area contributed by atoms with E-state index in [1.807, 2.05) is 48.8 Å². The maximum atomic E-state index is 12.5. The van der Waals surface area contributed by atoms with E-state index in [4.69, 9.17) is 9.47 Å². The summed E-state index contributed by atoms with van der Waals surface area (Å²) >= 11 is 0.